The fourth-order valence-electron chi connectivity index (χ4n) is 8.73. The van der Waals surface area contributed by atoms with Gasteiger partial charge in [0.1, 0.15) is 17.4 Å². The molecule has 3 aliphatic rings. The maximum atomic E-state index is 15.4. The summed E-state index contributed by atoms with van der Waals surface area (Å²) >= 11 is 0. The summed E-state index contributed by atoms with van der Waals surface area (Å²) in [7, 11) is 0. The molecule has 0 aliphatic heterocycles. The summed E-state index contributed by atoms with van der Waals surface area (Å²) in [6, 6.07) is 9.79. The molecule has 0 bridgehead atoms. The zero-order valence-corrected chi connectivity index (χ0v) is 27.1. The monoisotopic (exact) mass is 614 g/mol. The number of halogens is 4. The Kier molecular flexibility index (Phi) is 11.7. The van der Waals surface area contributed by atoms with E-state index in [1.54, 1.807) is 6.07 Å². The number of rotatable bonds is 12. The Hall–Kier alpha value is -2.04. The minimum atomic E-state index is -3.39. The van der Waals surface area contributed by atoms with Gasteiger partial charge in [0.15, 0.2) is 0 Å². The Bertz CT molecular complexity index is 1170. The molecule has 3 saturated carbocycles. The van der Waals surface area contributed by atoms with E-state index in [-0.39, 0.29) is 30.3 Å². The van der Waals surface area contributed by atoms with E-state index in [2.05, 4.69) is 13.0 Å². The second-order valence-electron chi connectivity index (χ2n) is 14.4. The molecule has 0 radical (unpaired) electrons. The first kappa shape index (κ1) is 33.3. The van der Waals surface area contributed by atoms with E-state index in [1.165, 1.54) is 76.3 Å². The minimum absolute atomic E-state index is 0.0605. The normalized spacial score (nSPS) is 28.1. The molecule has 0 aromatic heterocycles. The summed E-state index contributed by atoms with van der Waals surface area (Å²) in [5.74, 6) is 1.24. The van der Waals surface area contributed by atoms with Gasteiger partial charge in [0, 0.05) is 6.07 Å². The predicted molar refractivity (Wildman–Crippen MR) is 171 cm³/mol. The molecule has 5 rings (SSSR count). The van der Waals surface area contributed by atoms with Crippen molar-refractivity contribution >= 4 is 0 Å². The highest BCUT2D eigenvalue weighted by Crippen LogP contribution is 2.47. The van der Waals surface area contributed by atoms with Crippen LogP contribution in [0.1, 0.15) is 152 Å². The van der Waals surface area contributed by atoms with Crippen LogP contribution in [-0.2, 0) is 6.42 Å². The van der Waals surface area contributed by atoms with Gasteiger partial charge >= 0.3 is 6.11 Å². The van der Waals surface area contributed by atoms with E-state index < -0.39 is 17.8 Å². The number of alkyl halides is 2. The van der Waals surface area contributed by atoms with Crippen molar-refractivity contribution in [1.29, 1.82) is 0 Å². The fourth-order valence-corrected chi connectivity index (χ4v) is 8.73. The summed E-state index contributed by atoms with van der Waals surface area (Å²) in [6.07, 6.45) is 15.4. The fraction of sp³-hybridized carbons (Fsp3) is 0.692. The Morgan fingerprint density at radius 3 is 1.95 bits per heavy atom. The first-order chi connectivity index (χ1) is 21.3. The third-order valence-corrected chi connectivity index (χ3v) is 11.5. The highest BCUT2D eigenvalue weighted by molar-refractivity contribution is 5.31. The lowest BCUT2D eigenvalue weighted by atomic mass is 9.68. The lowest BCUT2D eigenvalue weighted by molar-refractivity contribution is -0.222. The highest BCUT2D eigenvalue weighted by atomic mass is 19.3. The molecule has 0 amide bonds. The van der Waals surface area contributed by atoms with Crippen LogP contribution in [-0.4, -0.2) is 6.11 Å². The Balaban J connectivity index is 1.08. The van der Waals surface area contributed by atoms with Crippen LogP contribution in [0.25, 0.3) is 0 Å². The standard InChI is InChI=1S/C39H54F4O/c1-3-5-6-8-27-9-11-28(12-10-27)29-13-15-30(16-14-29)33-20-24-36(38(41)25-33)31-17-21-34(22-18-31)39(42,43)44-35-23-19-32(7-4-2)37(40)26-35/h19-20,23-31,34H,3-18,21-22H2,1-2H3. The number of unbranched alkanes of at least 4 members (excludes halogenated alkanes) is 2. The lowest BCUT2D eigenvalue weighted by Gasteiger charge is -2.38. The zero-order chi connectivity index (χ0) is 31.1. The summed E-state index contributed by atoms with van der Waals surface area (Å²) in [4.78, 5) is 0. The third kappa shape index (κ3) is 8.40. The van der Waals surface area contributed by atoms with E-state index in [0.717, 1.165) is 48.6 Å². The maximum Gasteiger partial charge on any atom is 0.400 e. The van der Waals surface area contributed by atoms with E-state index in [1.807, 2.05) is 13.0 Å². The minimum Gasteiger partial charge on any atom is -0.432 e. The molecule has 2 aromatic carbocycles. The van der Waals surface area contributed by atoms with Crippen LogP contribution in [0.5, 0.6) is 5.75 Å². The quantitative estimate of drug-likeness (QED) is 0.171. The maximum absolute atomic E-state index is 15.4. The molecule has 0 spiro atoms. The second kappa shape index (κ2) is 15.5. The Labute approximate surface area is 263 Å². The van der Waals surface area contributed by atoms with Gasteiger partial charge in [0.25, 0.3) is 0 Å². The lowest BCUT2D eigenvalue weighted by Crippen LogP contribution is -2.37. The van der Waals surface area contributed by atoms with Crippen LogP contribution >= 0.6 is 0 Å². The van der Waals surface area contributed by atoms with Gasteiger partial charge in [-0.15, -0.1) is 0 Å². The number of ether oxygens (including phenoxy) is 1. The van der Waals surface area contributed by atoms with Gasteiger partial charge < -0.3 is 4.74 Å². The summed E-state index contributed by atoms with van der Waals surface area (Å²) in [5.41, 5.74) is 2.28. The first-order valence-electron chi connectivity index (χ1n) is 17.9. The van der Waals surface area contributed by atoms with Gasteiger partial charge in [0.2, 0.25) is 0 Å². The van der Waals surface area contributed by atoms with Gasteiger partial charge in [-0.2, -0.15) is 8.78 Å². The topological polar surface area (TPSA) is 9.23 Å². The van der Waals surface area contributed by atoms with Crippen molar-refractivity contribution in [2.75, 3.05) is 0 Å². The second-order valence-corrected chi connectivity index (χ2v) is 14.4. The van der Waals surface area contributed by atoms with Crippen LogP contribution < -0.4 is 4.74 Å². The molecule has 2 aromatic rings. The SMILES string of the molecule is CCCCCC1CCC(C2CCC(c3ccc(C4CCC(C(F)(F)Oc5ccc(CCC)c(F)c5)CC4)c(F)c3)CC2)CC1. The molecule has 244 valence electrons. The van der Waals surface area contributed by atoms with Crippen LogP contribution in [0, 0.1) is 35.3 Å². The predicted octanol–water partition coefficient (Wildman–Crippen LogP) is 12.5. The molecule has 1 nitrogen and oxygen atoms in total. The number of aryl methyl sites for hydroxylation is 1. The van der Waals surface area contributed by atoms with Crippen LogP contribution in [0.2, 0.25) is 0 Å². The van der Waals surface area contributed by atoms with Crippen LogP contribution in [0.15, 0.2) is 36.4 Å². The van der Waals surface area contributed by atoms with Gasteiger partial charge in [-0.1, -0.05) is 77.0 Å². The molecular weight excluding hydrogens is 560 g/mol. The van der Waals surface area contributed by atoms with Crippen molar-refractivity contribution in [3.05, 3.63) is 64.7 Å². The van der Waals surface area contributed by atoms with Crippen molar-refractivity contribution in [2.45, 2.75) is 147 Å². The molecular formula is C39H54F4O. The summed E-state index contributed by atoms with van der Waals surface area (Å²) < 4.78 is 64.8. The molecule has 5 heteroatoms. The van der Waals surface area contributed by atoms with E-state index >= 15 is 13.2 Å². The molecule has 0 saturated heterocycles. The first-order valence-corrected chi connectivity index (χ1v) is 17.9. The molecule has 3 aliphatic carbocycles. The van der Waals surface area contributed by atoms with E-state index in [4.69, 9.17) is 4.74 Å². The molecule has 0 N–H and O–H groups in total. The molecule has 3 fully saturated rings. The highest BCUT2D eigenvalue weighted by Gasteiger charge is 2.44. The smallest absolute Gasteiger partial charge is 0.400 e. The van der Waals surface area contributed by atoms with Crippen molar-refractivity contribution < 1.29 is 22.3 Å². The average Bonchev–Trinajstić information content (AvgIpc) is 3.03. The Morgan fingerprint density at radius 1 is 0.682 bits per heavy atom. The van der Waals surface area contributed by atoms with Crippen molar-refractivity contribution in [3.8, 4) is 5.75 Å². The average molecular weight is 615 g/mol. The van der Waals surface area contributed by atoms with Gasteiger partial charge in [0.05, 0.1) is 5.92 Å². The number of hydrogen-bond acceptors (Lipinski definition) is 1. The number of benzene rings is 2. The molecule has 0 unspecified atom stereocenters. The summed E-state index contributed by atoms with van der Waals surface area (Å²) in [6.45, 7) is 4.23. The van der Waals surface area contributed by atoms with E-state index in [9.17, 15) is 4.39 Å². The van der Waals surface area contributed by atoms with Crippen LogP contribution in [0.4, 0.5) is 17.6 Å². The van der Waals surface area contributed by atoms with Gasteiger partial charge in [-0.25, -0.2) is 8.78 Å². The van der Waals surface area contributed by atoms with Crippen molar-refractivity contribution in [2.24, 2.45) is 23.7 Å². The number of hydrogen-bond donors (Lipinski definition) is 0. The van der Waals surface area contributed by atoms with Gasteiger partial charge in [-0.05, 0) is 129 Å². The largest absolute Gasteiger partial charge is 0.432 e. The summed E-state index contributed by atoms with van der Waals surface area (Å²) in [5, 5.41) is 0. The van der Waals surface area contributed by atoms with Crippen molar-refractivity contribution in [3.63, 3.8) is 0 Å². The third-order valence-electron chi connectivity index (χ3n) is 11.5. The molecule has 0 atom stereocenters. The molecule has 0 heterocycles. The molecule has 44 heavy (non-hydrogen) atoms. The zero-order valence-electron chi connectivity index (χ0n) is 27.1. The van der Waals surface area contributed by atoms with Crippen molar-refractivity contribution in [1.82, 2.24) is 0 Å². The van der Waals surface area contributed by atoms with Gasteiger partial charge in [-0.3, -0.25) is 0 Å². The Morgan fingerprint density at radius 2 is 1.34 bits per heavy atom. The van der Waals surface area contributed by atoms with Crippen LogP contribution in [0.3, 0.4) is 0 Å². The van der Waals surface area contributed by atoms with E-state index in [0.29, 0.717) is 36.3 Å².